The molecule has 2 heterocycles. The molecule has 2 aromatic heterocycles. The maximum Gasteiger partial charge on any atom is 0.416 e. The van der Waals surface area contributed by atoms with Gasteiger partial charge in [0.15, 0.2) is 5.82 Å². The van der Waals surface area contributed by atoms with Crippen molar-refractivity contribution >= 4 is 22.6 Å². The number of nitrogens with zero attached hydrogens (tertiary/aromatic N) is 2. The number of hydrogen-bond acceptors (Lipinski definition) is 5. The van der Waals surface area contributed by atoms with Crippen LogP contribution in [0.1, 0.15) is 32.9 Å². The first-order chi connectivity index (χ1) is 14.7. The van der Waals surface area contributed by atoms with Gasteiger partial charge < -0.3 is 14.6 Å². The number of ether oxygens (including phenoxy) is 1. The summed E-state index contributed by atoms with van der Waals surface area (Å²) in [5.41, 5.74) is 0.660. The average molecular weight is 430 g/mol. The third kappa shape index (κ3) is 4.09. The highest BCUT2D eigenvalue weighted by Gasteiger charge is 2.33. The van der Waals surface area contributed by atoms with E-state index in [9.17, 15) is 18.0 Å². The minimum atomic E-state index is -4.47. The van der Waals surface area contributed by atoms with Gasteiger partial charge in [-0.3, -0.25) is 9.89 Å². The van der Waals surface area contributed by atoms with E-state index in [0.717, 1.165) is 6.07 Å². The van der Waals surface area contributed by atoms with Crippen LogP contribution in [0.15, 0.2) is 47.0 Å². The van der Waals surface area contributed by atoms with Crippen molar-refractivity contribution in [1.82, 2.24) is 15.4 Å². The average Bonchev–Trinajstić information content (AvgIpc) is 3.28. The summed E-state index contributed by atoms with van der Waals surface area (Å²) >= 11 is 0. The Morgan fingerprint density at radius 3 is 2.68 bits per heavy atom. The van der Waals surface area contributed by atoms with E-state index in [0.29, 0.717) is 33.7 Å². The third-order valence-corrected chi connectivity index (χ3v) is 4.74. The number of aromatic amines is 1. The Morgan fingerprint density at radius 2 is 1.97 bits per heavy atom. The molecule has 0 atom stereocenters. The number of anilines is 1. The second-order valence-corrected chi connectivity index (χ2v) is 6.88. The molecule has 0 fully saturated rings. The first kappa shape index (κ1) is 20.5. The van der Waals surface area contributed by atoms with E-state index in [4.69, 9.17) is 9.26 Å². The summed E-state index contributed by atoms with van der Waals surface area (Å²) in [6, 6.07) is 10.1. The summed E-state index contributed by atoms with van der Waals surface area (Å²) in [4.78, 5) is 12.6. The predicted molar refractivity (Wildman–Crippen MR) is 106 cm³/mol. The van der Waals surface area contributed by atoms with Gasteiger partial charge in [0.05, 0.1) is 16.8 Å². The van der Waals surface area contributed by atoms with Gasteiger partial charge >= 0.3 is 6.18 Å². The summed E-state index contributed by atoms with van der Waals surface area (Å²) < 4.78 is 50.1. The van der Waals surface area contributed by atoms with Gasteiger partial charge in [-0.25, -0.2) is 0 Å². The van der Waals surface area contributed by atoms with Crippen LogP contribution < -0.4 is 10.1 Å². The van der Waals surface area contributed by atoms with Gasteiger partial charge in [-0.15, -0.1) is 0 Å². The highest BCUT2D eigenvalue weighted by molar-refractivity contribution is 6.09. The van der Waals surface area contributed by atoms with Crippen molar-refractivity contribution in [3.8, 4) is 5.75 Å². The summed E-state index contributed by atoms with van der Waals surface area (Å²) in [7, 11) is 0. The topological polar surface area (TPSA) is 93.0 Å². The molecule has 2 aromatic carbocycles. The molecule has 10 heteroatoms. The summed E-state index contributed by atoms with van der Waals surface area (Å²) in [5.74, 6) is 0.525. The van der Waals surface area contributed by atoms with Gasteiger partial charge in [-0.05, 0) is 38.1 Å². The Bertz CT molecular complexity index is 1240. The fourth-order valence-corrected chi connectivity index (χ4v) is 3.24. The normalized spacial score (nSPS) is 11.6. The van der Waals surface area contributed by atoms with Crippen LogP contribution >= 0.6 is 0 Å². The lowest BCUT2D eigenvalue weighted by Gasteiger charge is -2.13. The molecule has 0 aliphatic heterocycles. The number of hydrogen-bond donors (Lipinski definition) is 2. The van der Waals surface area contributed by atoms with E-state index in [1.165, 1.54) is 18.2 Å². The molecular formula is C21H17F3N4O3. The maximum absolute atomic E-state index is 13.2. The monoisotopic (exact) mass is 430 g/mol. The molecule has 0 radical (unpaired) electrons. The SMILES string of the molecule is Cc1noc(C)c1C(=O)Nc1n[nH]c2ccc(OCc3ccccc3C(F)(F)F)cc12. The van der Waals surface area contributed by atoms with Crippen LogP contribution in [0.3, 0.4) is 0 Å². The van der Waals surface area contributed by atoms with Crippen molar-refractivity contribution in [2.75, 3.05) is 5.32 Å². The summed E-state index contributed by atoms with van der Waals surface area (Å²) in [5, 5.41) is 13.9. The molecule has 0 saturated carbocycles. The van der Waals surface area contributed by atoms with E-state index < -0.39 is 17.6 Å². The Kier molecular flexibility index (Phi) is 5.14. The molecule has 0 unspecified atom stereocenters. The van der Waals surface area contributed by atoms with Crippen LogP contribution in [-0.4, -0.2) is 21.3 Å². The molecule has 0 saturated heterocycles. The van der Waals surface area contributed by atoms with E-state index >= 15 is 0 Å². The number of aromatic nitrogens is 3. The van der Waals surface area contributed by atoms with E-state index in [2.05, 4.69) is 20.7 Å². The van der Waals surface area contributed by atoms with Gasteiger partial charge in [0, 0.05) is 10.9 Å². The van der Waals surface area contributed by atoms with Crippen molar-refractivity contribution in [2.24, 2.45) is 0 Å². The number of halogens is 3. The van der Waals surface area contributed by atoms with Crippen molar-refractivity contribution in [3.63, 3.8) is 0 Å². The van der Waals surface area contributed by atoms with Crippen molar-refractivity contribution < 1.29 is 27.2 Å². The number of aryl methyl sites for hydroxylation is 2. The number of benzene rings is 2. The number of nitrogens with one attached hydrogen (secondary N) is 2. The van der Waals surface area contributed by atoms with Gasteiger partial charge in [-0.2, -0.15) is 18.3 Å². The Balaban J connectivity index is 1.56. The standard InChI is InChI=1S/C21H17F3N4O3/c1-11-18(12(2)31-28-11)20(29)25-19-15-9-14(7-8-17(15)26-27-19)30-10-13-5-3-4-6-16(13)21(22,23)24/h3-9H,10H2,1-2H3,(H2,25,26,27,29). The Hall–Kier alpha value is -3.82. The van der Waals surface area contributed by atoms with Crippen molar-refractivity contribution in [2.45, 2.75) is 26.6 Å². The molecule has 0 spiro atoms. The molecule has 31 heavy (non-hydrogen) atoms. The van der Waals surface area contributed by atoms with Crippen LogP contribution in [0.25, 0.3) is 10.9 Å². The molecule has 4 aromatic rings. The minimum Gasteiger partial charge on any atom is -0.489 e. The lowest BCUT2D eigenvalue weighted by molar-refractivity contribution is -0.138. The summed E-state index contributed by atoms with van der Waals surface area (Å²) in [6.45, 7) is 3.01. The van der Waals surface area contributed by atoms with E-state index in [1.807, 2.05) is 0 Å². The number of carbonyl (C=O) groups excluding carboxylic acids is 1. The lowest BCUT2D eigenvalue weighted by Crippen LogP contribution is -2.14. The number of rotatable bonds is 5. The Morgan fingerprint density at radius 1 is 1.19 bits per heavy atom. The molecule has 4 rings (SSSR count). The molecule has 0 bridgehead atoms. The van der Waals surface area contributed by atoms with Gasteiger partial charge in [0.2, 0.25) is 0 Å². The number of alkyl halides is 3. The smallest absolute Gasteiger partial charge is 0.416 e. The van der Waals surface area contributed by atoms with Crippen LogP contribution in [0.4, 0.5) is 19.0 Å². The number of carbonyl (C=O) groups is 1. The second kappa shape index (κ2) is 7.78. The second-order valence-electron chi connectivity index (χ2n) is 6.88. The molecule has 160 valence electrons. The Labute approximate surface area is 174 Å². The van der Waals surface area contributed by atoms with Gasteiger partial charge in [-0.1, -0.05) is 23.4 Å². The van der Waals surface area contributed by atoms with Crippen LogP contribution in [-0.2, 0) is 12.8 Å². The molecule has 7 nitrogen and oxygen atoms in total. The molecule has 2 N–H and O–H groups in total. The fourth-order valence-electron chi connectivity index (χ4n) is 3.24. The van der Waals surface area contributed by atoms with Gasteiger partial charge in [0.1, 0.15) is 23.7 Å². The van der Waals surface area contributed by atoms with Crippen LogP contribution in [0, 0.1) is 13.8 Å². The lowest BCUT2D eigenvalue weighted by atomic mass is 10.1. The van der Waals surface area contributed by atoms with E-state index in [-0.39, 0.29) is 18.0 Å². The quantitative estimate of drug-likeness (QED) is 0.464. The first-order valence-electron chi connectivity index (χ1n) is 9.24. The highest BCUT2D eigenvalue weighted by atomic mass is 19.4. The summed E-state index contributed by atoms with van der Waals surface area (Å²) in [6.07, 6.45) is -4.47. The zero-order valence-corrected chi connectivity index (χ0v) is 16.5. The third-order valence-electron chi connectivity index (χ3n) is 4.74. The van der Waals surface area contributed by atoms with Crippen LogP contribution in [0.2, 0.25) is 0 Å². The first-order valence-corrected chi connectivity index (χ1v) is 9.24. The minimum absolute atomic E-state index is 0.0224. The predicted octanol–water partition coefficient (Wildman–Crippen LogP) is 5.02. The zero-order chi connectivity index (χ0) is 22.2. The molecular weight excluding hydrogens is 413 g/mol. The molecule has 0 aliphatic carbocycles. The van der Waals surface area contributed by atoms with E-state index in [1.54, 1.807) is 32.0 Å². The number of H-pyrrole nitrogens is 1. The zero-order valence-electron chi connectivity index (χ0n) is 16.5. The van der Waals surface area contributed by atoms with Crippen molar-refractivity contribution in [3.05, 3.63) is 70.6 Å². The molecule has 0 aliphatic rings. The van der Waals surface area contributed by atoms with Crippen LogP contribution in [0.5, 0.6) is 5.75 Å². The number of amides is 1. The highest BCUT2D eigenvalue weighted by Crippen LogP contribution is 2.33. The maximum atomic E-state index is 13.2. The largest absolute Gasteiger partial charge is 0.489 e. The van der Waals surface area contributed by atoms with Crippen molar-refractivity contribution in [1.29, 1.82) is 0 Å². The fraction of sp³-hybridized carbons (Fsp3) is 0.190. The number of fused-ring (bicyclic) bond motifs is 1. The molecule has 1 amide bonds. The van der Waals surface area contributed by atoms with Gasteiger partial charge in [0.25, 0.3) is 5.91 Å².